The number of nitrogens with zero attached hydrogens (tertiary/aromatic N) is 2. The van der Waals surface area contributed by atoms with Gasteiger partial charge in [0.1, 0.15) is 12.4 Å². The van der Waals surface area contributed by atoms with Crippen molar-refractivity contribution in [3.8, 4) is 0 Å². The Labute approximate surface area is 96.2 Å². The highest BCUT2D eigenvalue weighted by molar-refractivity contribution is 7.85. The highest BCUT2D eigenvalue weighted by atomic mass is 32.2. The van der Waals surface area contributed by atoms with Crippen molar-refractivity contribution in [1.29, 1.82) is 0 Å². The second kappa shape index (κ2) is 4.18. The van der Waals surface area contributed by atoms with E-state index < -0.39 is 21.3 Å². The third-order valence-electron chi connectivity index (χ3n) is 1.92. The molecule has 92 valence electrons. The lowest BCUT2D eigenvalue weighted by Gasteiger charge is -2.01. The van der Waals surface area contributed by atoms with Crippen LogP contribution in [0.3, 0.4) is 0 Å². The fourth-order valence-corrected chi connectivity index (χ4v) is 1.60. The van der Waals surface area contributed by atoms with E-state index in [0.717, 1.165) is 17.3 Å². The summed E-state index contributed by atoms with van der Waals surface area (Å²) in [6.45, 7) is 0.575. The Hall–Kier alpha value is -1.87. The van der Waals surface area contributed by atoms with Gasteiger partial charge in [-0.15, -0.1) is 0 Å². The zero-order valence-corrected chi connectivity index (χ0v) is 9.25. The zero-order chi connectivity index (χ0) is 12.5. The molecule has 0 aliphatic carbocycles. The molecule has 1 saturated heterocycles. The molecule has 8 nitrogen and oxygen atoms in total. The largest absolute Gasteiger partial charge is 0.446 e. The number of rotatable bonds is 3. The third kappa shape index (κ3) is 2.63. The molecule has 1 N–H and O–H groups in total. The molecule has 2 rings (SSSR count). The molecular formula is C8H8N2O6S. The van der Waals surface area contributed by atoms with Gasteiger partial charge >= 0.3 is 16.2 Å². The first-order valence-electron chi connectivity index (χ1n) is 4.52. The summed E-state index contributed by atoms with van der Waals surface area (Å²) in [4.78, 5) is 11.0. The molecular weight excluding hydrogens is 252 g/mol. The normalized spacial score (nSPS) is 16.8. The van der Waals surface area contributed by atoms with Crippen LogP contribution in [0.1, 0.15) is 5.76 Å². The summed E-state index contributed by atoms with van der Waals surface area (Å²) in [7, 11) is -4.36. The van der Waals surface area contributed by atoms with Gasteiger partial charge in [0.15, 0.2) is 0 Å². The lowest BCUT2D eigenvalue weighted by Crippen LogP contribution is -2.17. The second-order valence-corrected chi connectivity index (χ2v) is 4.47. The number of furan rings is 1. The second-order valence-electron chi connectivity index (χ2n) is 3.11. The Morgan fingerprint density at radius 2 is 2.24 bits per heavy atom. The molecule has 0 spiro atoms. The first-order valence-corrected chi connectivity index (χ1v) is 5.96. The molecule has 1 amide bonds. The number of hydrazone groups is 1. The van der Waals surface area contributed by atoms with Crippen molar-refractivity contribution in [2.75, 3.05) is 13.2 Å². The van der Waals surface area contributed by atoms with Crippen molar-refractivity contribution < 1.29 is 26.9 Å². The van der Waals surface area contributed by atoms with Crippen LogP contribution in [0.4, 0.5) is 4.79 Å². The van der Waals surface area contributed by atoms with Crippen molar-refractivity contribution in [1.82, 2.24) is 5.01 Å². The fraction of sp³-hybridized carbons (Fsp3) is 0.250. The van der Waals surface area contributed by atoms with Crippen LogP contribution in [-0.2, 0) is 14.9 Å². The van der Waals surface area contributed by atoms with E-state index in [-0.39, 0.29) is 12.4 Å². The summed E-state index contributed by atoms with van der Waals surface area (Å²) in [5.41, 5.74) is 0. The predicted molar refractivity (Wildman–Crippen MR) is 54.2 cm³/mol. The topological polar surface area (TPSA) is 109 Å². The molecule has 1 fully saturated rings. The van der Waals surface area contributed by atoms with Crippen LogP contribution < -0.4 is 0 Å². The Morgan fingerprint density at radius 3 is 2.76 bits per heavy atom. The number of amides is 1. The summed E-state index contributed by atoms with van der Waals surface area (Å²) in [5.74, 6) is 0.0947. The Bertz CT molecular complexity index is 560. The maximum Gasteiger partial charge on any atom is 0.430 e. The first kappa shape index (κ1) is 11.6. The molecule has 0 bridgehead atoms. The smallest absolute Gasteiger partial charge is 0.430 e. The van der Waals surface area contributed by atoms with E-state index >= 15 is 0 Å². The minimum absolute atomic E-state index is 0.0947. The van der Waals surface area contributed by atoms with Crippen LogP contribution in [0.2, 0.25) is 0 Å². The van der Waals surface area contributed by atoms with Gasteiger partial charge in [-0.05, 0) is 12.1 Å². The van der Waals surface area contributed by atoms with Crippen LogP contribution in [0.15, 0.2) is 26.7 Å². The van der Waals surface area contributed by atoms with Crippen molar-refractivity contribution in [3.63, 3.8) is 0 Å². The highest BCUT2D eigenvalue weighted by Crippen LogP contribution is 2.12. The monoisotopic (exact) mass is 260 g/mol. The molecule has 0 radical (unpaired) electrons. The van der Waals surface area contributed by atoms with Gasteiger partial charge in [-0.3, -0.25) is 4.55 Å². The lowest BCUT2D eigenvalue weighted by molar-refractivity contribution is 0.159. The summed E-state index contributed by atoms with van der Waals surface area (Å²) >= 11 is 0. The van der Waals surface area contributed by atoms with Gasteiger partial charge in [0.25, 0.3) is 0 Å². The molecule has 17 heavy (non-hydrogen) atoms. The van der Waals surface area contributed by atoms with E-state index in [0.29, 0.717) is 6.54 Å². The van der Waals surface area contributed by atoms with Crippen molar-refractivity contribution in [3.05, 3.63) is 17.9 Å². The van der Waals surface area contributed by atoms with E-state index in [1.807, 2.05) is 0 Å². The average molecular weight is 260 g/mol. The number of carbonyl (C=O) groups excluding carboxylic acids is 1. The van der Waals surface area contributed by atoms with E-state index in [9.17, 15) is 13.2 Å². The average Bonchev–Trinajstić information content (AvgIpc) is 2.82. The number of cyclic esters (lactones) is 1. The molecule has 9 heteroatoms. The molecule has 0 aromatic carbocycles. The van der Waals surface area contributed by atoms with Crippen LogP contribution in [0.25, 0.3) is 0 Å². The molecule has 1 aromatic heterocycles. The van der Waals surface area contributed by atoms with E-state index in [1.165, 1.54) is 6.07 Å². The minimum atomic E-state index is -4.36. The predicted octanol–water partition coefficient (Wildman–Crippen LogP) is 0.312. The molecule has 0 saturated carbocycles. The first-order chi connectivity index (χ1) is 7.97. The van der Waals surface area contributed by atoms with E-state index in [4.69, 9.17) is 8.97 Å². The SMILES string of the molecule is O=C1OCCN1N=Cc1ccc(S(=O)(=O)O)o1. The molecule has 2 heterocycles. The van der Waals surface area contributed by atoms with E-state index in [1.54, 1.807) is 0 Å². The number of hydrogen-bond donors (Lipinski definition) is 1. The quantitative estimate of drug-likeness (QED) is 0.618. The maximum atomic E-state index is 11.0. The summed E-state index contributed by atoms with van der Waals surface area (Å²) < 4.78 is 39.5. The van der Waals surface area contributed by atoms with Crippen molar-refractivity contribution in [2.45, 2.75) is 5.09 Å². The standard InChI is InChI=1S/C8H8N2O6S/c11-8-10(3-4-15-8)9-5-6-1-2-7(16-6)17(12,13)14/h1-2,5H,3-4H2,(H,12,13,14). The lowest BCUT2D eigenvalue weighted by atomic mass is 10.5. The van der Waals surface area contributed by atoms with Crippen molar-refractivity contribution >= 4 is 22.4 Å². The fourth-order valence-electron chi connectivity index (χ4n) is 1.16. The van der Waals surface area contributed by atoms with Gasteiger partial charge in [-0.1, -0.05) is 0 Å². The van der Waals surface area contributed by atoms with Gasteiger partial charge in [0, 0.05) is 0 Å². The highest BCUT2D eigenvalue weighted by Gasteiger charge is 2.21. The van der Waals surface area contributed by atoms with Gasteiger partial charge < -0.3 is 9.15 Å². The number of ether oxygens (including phenoxy) is 1. The molecule has 1 aromatic rings. The van der Waals surface area contributed by atoms with Crippen LogP contribution in [0, 0.1) is 0 Å². The molecule has 1 aliphatic heterocycles. The molecule has 0 atom stereocenters. The van der Waals surface area contributed by atoms with Crippen LogP contribution in [-0.4, -0.2) is 43.4 Å². The van der Waals surface area contributed by atoms with Gasteiger partial charge in [-0.25, -0.2) is 4.79 Å². The van der Waals surface area contributed by atoms with E-state index in [2.05, 4.69) is 9.84 Å². The number of hydrogen-bond acceptors (Lipinski definition) is 6. The maximum absolute atomic E-state index is 11.0. The number of carbonyl (C=O) groups is 1. The zero-order valence-electron chi connectivity index (χ0n) is 8.44. The summed E-state index contributed by atoms with van der Waals surface area (Å²) in [6.07, 6.45) is 0.573. The van der Waals surface area contributed by atoms with Gasteiger partial charge in [0.2, 0.25) is 5.09 Å². The summed E-state index contributed by atoms with van der Waals surface area (Å²) in [5, 5.41) is 4.22. The van der Waals surface area contributed by atoms with Gasteiger partial charge in [0.05, 0.1) is 12.8 Å². The Kier molecular flexibility index (Phi) is 2.86. The van der Waals surface area contributed by atoms with Gasteiger partial charge in [-0.2, -0.15) is 18.5 Å². The van der Waals surface area contributed by atoms with Crippen LogP contribution >= 0.6 is 0 Å². The third-order valence-corrected chi connectivity index (χ3v) is 2.65. The van der Waals surface area contributed by atoms with Crippen molar-refractivity contribution in [2.24, 2.45) is 5.10 Å². The molecule has 1 aliphatic rings. The van der Waals surface area contributed by atoms with Crippen LogP contribution in [0.5, 0.6) is 0 Å². The summed E-state index contributed by atoms with van der Waals surface area (Å²) in [6, 6.07) is 2.38. The minimum Gasteiger partial charge on any atom is -0.446 e. The molecule has 0 unspecified atom stereocenters. The Balaban J connectivity index is 2.12. The Morgan fingerprint density at radius 1 is 1.47 bits per heavy atom.